The van der Waals surface area contributed by atoms with Crippen LogP contribution in [-0.4, -0.2) is 48.7 Å². The average molecular weight is 552 g/mol. The van der Waals surface area contributed by atoms with Gasteiger partial charge in [-0.15, -0.1) is 36.2 Å². The van der Waals surface area contributed by atoms with Gasteiger partial charge in [-0.25, -0.2) is 0 Å². The van der Waals surface area contributed by atoms with E-state index < -0.39 is 0 Å². The maximum atomic E-state index is 9.26. The number of rotatable bonds is 10. The normalized spacial score (nSPS) is 16.5. The van der Waals surface area contributed by atoms with E-state index in [9.17, 15) is 5.26 Å². The summed E-state index contributed by atoms with van der Waals surface area (Å²) in [6.45, 7) is 4.68. The molecular weight excluding hydrogens is 515 g/mol. The summed E-state index contributed by atoms with van der Waals surface area (Å²) >= 11 is 1.70. The fraction of sp³-hybridized carbons (Fsp3) is 0.556. The van der Waals surface area contributed by atoms with Crippen LogP contribution in [0.25, 0.3) is 11.0 Å². The molecule has 0 spiro atoms. The summed E-state index contributed by atoms with van der Waals surface area (Å²) in [6, 6.07) is 8.50. The molecule has 0 unspecified atom stereocenters. The van der Waals surface area contributed by atoms with Crippen molar-refractivity contribution in [2.24, 2.45) is 11.8 Å². The number of thiophene rings is 1. The Bertz CT molecular complexity index is 1160. The number of fused-ring (bicyclic) bond motifs is 1. The summed E-state index contributed by atoms with van der Waals surface area (Å²) in [5.74, 6) is 2.37. The first kappa shape index (κ1) is 28.7. The molecule has 1 aliphatic carbocycles. The molecule has 2 aromatic heterocycles. The first-order valence-corrected chi connectivity index (χ1v) is 13.3. The second kappa shape index (κ2) is 13.1. The number of ether oxygens (including phenoxy) is 1. The lowest BCUT2D eigenvalue weighted by atomic mass is 9.91. The topological polar surface area (TPSA) is 65.5 Å². The van der Waals surface area contributed by atoms with Gasteiger partial charge in [0.15, 0.2) is 5.58 Å². The number of aromatic nitrogens is 1. The quantitative estimate of drug-likeness (QED) is 0.295. The zero-order valence-electron chi connectivity index (χ0n) is 21.1. The van der Waals surface area contributed by atoms with Gasteiger partial charge in [0, 0.05) is 23.4 Å². The molecule has 0 N–H and O–H groups in total. The third-order valence-electron chi connectivity index (χ3n) is 7.15. The molecule has 2 fully saturated rings. The van der Waals surface area contributed by atoms with Gasteiger partial charge in [0.05, 0.1) is 23.4 Å². The van der Waals surface area contributed by atoms with Gasteiger partial charge < -0.3 is 14.2 Å². The molecule has 3 heterocycles. The Kier molecular flexibility index (Phi) is 10.5. The van der Waals surface area contributed by atoms with E-state index in [0.717, 1.165) is 85.1 Å². The van der Waals surface area contributed by atoms with Gasteiger partial charge >= 0.3 is 0 Å². The van der Waals surface area contributed by atoms with E-state index in [-0.39, 0.29) is 24.8 Å². The third kappa shape index (κ3) is 6.93. The van der Waals surface area contributed by atoms with E-state index in [1.807, 2.05) is 11.4 Å². The molecular formula is C27H36Cl2N4O2S. The molecule has 0 radical (unpaired) electrons. The number of benzene rings is 1. The van der Waals surface area contributed by atoms with Crippen LogP contribution in [0, 0.1) is 23.2 Å². The predicted molar refractivity (Wildman–Crippen MR) is 149 cm³/mol. The van der Waals surface area contributed by atoms with Gasteiger partial charge in [0.2, 0.25) is 0 Å². The summed E-state index contributed by atoms with van der Waals surface area (Å²) in [4.78, 5) is 5.85. The maximum Gasteiger partial charge on any atom is 0.175 e. The van der Waals surface area contributed by atoms with Crippen LogP contribution in [0.2, 0.25) is 0 Å². The Balaban J connectivity index is 0.00000180. The number of piperidine rings is 1. The van der Waals surface area contributed by atoms with Crippen LogP contribution in [0.5, 0.6) is 5.75 Å². The molecule has 5 rings (SSSR count). The predicted octanol–water partition coefficient (Wildman–Crippen LogP) is 6.30. The lowest BCUT2D eigenvalue weighted by Crippen LogP contribution is -2.33. The standard InChI is InChI=1S/C27H34N4O2S.2ClH/c1-30(2)16-23-25(32-18-20-3-4-20)8-6-22-24(29-33-27(22)23)7-5-19-9-12-31(13-10-19)17-26-21(15-28)11-14-34-26;;/h6,8,11,14,19-20H,3-5,7,9-10,12-13,16-18H2,1-2H3;2*1H. The Labute approximate surface area is 230 Å². The van der Waals surface area contributed by atoms with Gasteiger partial charge in [-0.3, -0.25) is 4.90 Å². The molecule has 1 aliphatic heterocycles. The molecule has 196 valence electrons. The van der Waals surface area contributed by atoms with Crippen molar-refractivity contribution < 1.29 is 9.26 Å². The number of hydrogen-bond donors (Lipinski definition) is 0. The smallest absolute Gasteiger partial charge is 0.175 e. The Morgan fingerprint density at radius 2 is 1.92 bits per heavy atom. The zero-order valence-corrected chi connectivity index (χ0v) is 23.5. The zero-order chi connectivity index (χ0) is 23.5. The molecule has 1 saturated heterocycles. The first-order valence-electron chi connectivity index (χ1n) is 12.5. The minimum atomic E-state index is 0. The number of hydrogen-bond acceptors (Lipinski definition) is 7. The van der Waals surface area contributed by atoms with E-state index >= 15 is 0 Å². The van der Waals surface area contributed by atoms with Crippen molar-refractivity contribution in [3.63, 3.8) is 0 Å². The average Bonchev–Trinajstić information content (AvgIpc) is 3.40. The van der Waals surface area contributed by atoms with Crippen LogP contribution < -0.4 is 4.74 Å². The fourth-order valence-electron chi connectivity index (χ4n) is 4.90. The second-order valence-corrected chi connectivity index (χ2v) is 11.2. The Hall–Kier alpha value is -1.82. The van der Waals surface area contributed by atoms with Crippen molar-refractivity contribution in [3.8, 4) is 11.8 Å². The molecule has 1 saturated carbocycles. The van der Waals surface area contributed by atoms with Crippen LogP contribution in [-0.2, 0) is 19.5 Å². The van der Waals surface area contributed by atoms with Crippen molar-refractivity contribution in [1.29, 1.82) is 5.26 Å². The molecule has 3 aromatic rings. The highest BCUT2D eigenvalue weighted by atomic mass is 35.5. The Morgan fingerprint density at radius 1 is 1.14 bits per heavy atom. The highest BCUT2D eigenvalue weighted by Crippen LogP contribution is 2.35. The van der Waals surface area contributed by atoms with Crippen molar-refractivity contribution in [1.82, 2.24) is 15.0 Å². The van der Waals surface area contributed by atoms with E-state index in [0.29, 0.717) is 5.92 Å². The number of aryl methyl sites for hydroxylation is 1. The van der Waals surface area contributed by atoms with Crippen LogP contribution in [0.1, 0.15) is 53.8 Å². The molecule has 0 bridgehead atoms. The van der Waals surface area contributed by atoms with Crippen LogP contribution in [0.15, 0.2) is 28.1 Å². The van der Waals surface area contributed by atoms with E-state index in [2.05, 4.69) is 47.3 Å². The van der Waals surface area contributed by atoms with Gasteiger partial charge in [-0.05, 0) is 101 Å². The van der Waals surface area contributed by atoms with Crippen LogP contribution in [0.3, 0.4) is 0 Å². The lowest BCUT2D eigenvalue weighted by molar-refractivity contribution is 0.173. The summed E-state index contributed by atoms with van der Waals surface area (Å²) < 4.78 is 12.1. The SMILES string of the molecule is CN(C)Cc1c(OCC2CC2)ccc2c(CCC3CCN(Cc4sccc4C#N)CC3)noc12.Cl.Cl. The van der Waals surface area contributed by atoms with Crippen LogP contribution in [0.4, 0.5) is 0 Å². The lowest BCUT2D eigenvalue weighted by Gasteiger charge is -2.31. The van der Waals surface area contributed by atoms with Crippen molar-refractivity contribution >= 4 is 47.1 Å². The van der Waals surface area contributed by atoms with E-state index in [1.165, 1.54) is 30.6 Å². The monoisotopic (exact) mass is 550 g/mol. The summed E-state index contributed by atoms with van der Waals surface area (Å²) in [5.41, 5.74) is 3.90. The molecule has 2 aliphatic rings. The van der Waals surface area contributed by atoms with Crippen LogP contribution >= 0.6 is 36.2 Å². The molecule has 0 amide bonds. The summed E-state index contributed by atoms with van der Waals surface area (Å²) in [7, 11) is 4.15. The summed E-state index contributed by atoms with van der Waals surface area (Å²) in [5, 5.41) is 16.9. The van der Waals surface area contributed by atoms with Crippen molar-refractivity contribution in [2.45, 2.75) is 51.6 Å². The van der Waals surface area contributed by atoms with Crippen molar-refractivity contribution in [2.75, 3.05) is 33.8 Å². The number of halogens is 2. The number of nitriles is 1. The maximum absolute atomic E-state index is 9.26. The molecule has 9 heteroatoms. The molecule has 0 atom stereocenters. The van der Waals surface area contributed by atoms with E-state index in [4.69, 9.17) is 9.26 Å². The highest BCUT2D eigenvalue weighted by Gasteiger charge is 2.25. The van der Waals surface area contributed by atoms with Gasteiger partial charge in [-0.1, -0.05) is 5.16 Å². The second-order valence-electron chi connectivity index (χ2n) is 10.2. The highest BCUT2D eigenvalue weighted by molar-refractivity contribution is 7.10. The molecule has 6 nitrogen and oxygen atoms in total. The fourth-order valence-corrected chi connectivity index (χ4v) is 5.77. The van der Waals surface area contributed by atoms with E-state index in [1.54, 1.807) is 11.3 Å². The minimum Gasteiger partial charge on any atom is -0.493 e. The number of nitrogens with zero attached hydrogens (tertiary/aromatic N) is 4. The van der Waals surface area contributed by atoms with Crippen molar-refractivity contribution in [3.05, 3.63) is 45.3 Å². The third-order valence-corrected chi connectivity index (χ3v) is 8.06. The summed E-state index contributed by atoms with van der Waals surface area (Å²) in [6.07, 6.45) is 7.06. The first-order chi connectivity index (χ1) is 16.6. The van der Waals surface area contributed by atoms with Gasteiger partial charge in [-0.2, -0.15) is 5.26 Å². The molecule has 1 aromatic carbocycles. The number of likely N-dealkylation sites (tertiary alicyclic amines) is 1. The molecule has 36 heavy (non-hydrogen) atoms. The van der Waals surface area contributed by atoms with Gasteiger partial charge in [0.25, 0.3) is 0 Å². The van der Waals surface area contributed by atoms with Gasteiger partial charge in [0.1, 0.15) is 11.8 Å². The Morgan fingerprint density at radius 3 is 2.61 bits per heavy atom. The largest absolute Gasteiger partial charge is 0.493 e. The minimum absolute atomic E-state index is 0.